The van der Waals surface area contributed by atoms with Crippen molar-refractivity contribution in [3.8, 4) is 0 Å². The first kappa shape index (κ1) is 21.0. The molecule has 0 amide bonds. The number of anilines is 3. The van der Waals surface area contributed by atoms with Gasteiger partial charge in [-0.15, -0.1) is 0 Å². The lowest BCUT2D eigenvalue weighted by Crippen LogP contribution is -2.48. The van der Waals surface area contributed by atoms with Gasteiger partial charge in [-0.1, -0.05) is 0 Å². The van der Waals surface area contributed by atoms with Crippen molar-refractivity contribution in [2.24, 2.45) is 0 Å². The van der Waals surface area contributed by atoms with E-state index in [0.717, 1.165) is 6.07 Å². The van der Waals surface area contributed by atoms with Gasteiger partial charge in [-0.3, -0.25) is 9.63 Å². The van der Waals surface area contributed by atoms with Crippen LogP contribution in [0.2, 0.25) is 0 Å². The second kappa shape index (κ2) is 7.62. The van der Waals surface area contributed by atoms with E-state index >= 15 is 4.39 Å². The third kappa shape index (κ3) is 3.32. The lowest BCUT2D eigenvalue weighted by atomic mass is 10.0. The highest BCUT2D eigenvalue weighted by Gasteiger charge is 2.30. The van der Waals surface area contributed by atoms with E-state index in [1.807, 2.05) is 9.80 Å². The summed E-state index contributed by atoms with van der Waals surface area (Å²) < 4.78 is 31.1. The van der Waals surface area contributed by atoms with Gasteiger partial charge >= 0.3 is 5.97 Å². The van der Waals surface area contributed by atoms with Crippen LogP contribution in [0.15, 0.2) is 35.3 Å². The molecule has 1 fully saturated rings. The number of nitrogens with two attached hydrogens (primary N) is 1. The Morgan fingerprint density at radius 2 is 1.79 bits per heavy atom. The van der Waals surface area contributed by atoms with Gasteiger partial charge in [0.2, 0.25) is 5.43 Å². The summed E-state index contributed by atoms with van der Waals surface area (Å²) in [6.45, 7) is 1.73. The van der Waals surface area contributed by atoms with E-state index < -0.39 is 28.6 Å². The maximum Gasteiger partial charge on any atom is 0.341 e. The maximum absolute atomic E-state index is 15.4. The van der Waals surface area contributed by atoms with Crippen LogP contribution in [0.4, 0.5) is 25.8 Å². The lowest BCUT2D eigenvalue weighted by molar-refractivity contribution is 0.0503. The minimum Gasteiger partial charge on any atom is -0.477 e. The molecule has 0 unspecified atom stereocenters. The molecule has 3 N–H and O–H groups in total. The number of hydrogen-bond acceptors (Lipinski definition) is 7. The zero-order valence-corrected chi connectivity index (χ0v) is 17.7. The van der Waals surface area contributed by atoms with Gasteiger partial charge < -0.3 is 20.6 Å². The molecule has 2 aromatic carbocycles. The van der Waals surface area contributed by atoms with Crippen LogP contribution < -0.4 is 26.1 Å². The minimum atomic E-state index is -1.40. The fourth-order valence-electron chi connectivity index (χ4n) is 4.53. The van der Waals surface area contributed by atoms with Crippen LogP contribution in [0, 0.1) is 11.6 Å². The number of aromatic nitrogens is 1. The summed E-state index contributed by atoms with van der Waals surface area (Å²) in [4.78, 5) is 33.6. The fourth-order valence-corrected chi connectivity index (χ4v) is 4.53. The summed E-state index contributed by atoms with van der Waals surface area (Å²) >= 11 is 0. The Kier molecular flexibility index (Phi) is 4.85. The normalized spacial score (nSPS) is 15.9. The number of rotatable bonds is 3. The van der Waals surface area contributed by atoms with Crippen molar-refractivity contribution in [2.45, 2.75) is 6.61 Å². The molecule has 9 nitrogen and oxygen atoms in total. The van der Waals surface area contributed by atoms with Crippen molar-refractivity contribution in [1.82, 2.24) is 4.68 Å². The van der Waals surface area contributed by atoms with Gasteiger partial charge in [0.05, 0.1) is 29.3 Å². The molecule has 2 aliphatic heterocycles. The predicted octanol–water partition coefficient (Wildman–Crippen LogP) is 1.90. The summed E-state index contributed by atoms with van der Waals surface area (Å²) in [6.07, 6.45) is 1.18. The Balaban J connectivity index is 1.55. The molecule has 0 aliphatic carbocycles. The Bertz CT molecular complexity index is 1350. The molecule has 0 bridgehead atoms. The molecule has 0 atom stereocenters. The van der Waals surface area contributed by atoms with Crippen molar-refractivity contribution in [1.29, 1.82) is 0 Å². The van der Waals surface area contributed by atoms with E-state index in [2.05, 4.69) is 0 Å². The van der Waals surface area contributed by atoms with Crippen molar-refractivity contribution in [3.05, 3.63) is 63.4 Å². The van der Waals surface area contributed by atoms with E-state index in [0.29, 0.717) is 54.3 Å². The number of benzene rings is 2. The molecule has 1 saturated heterocycles. The molecular formula is C22H21F2N5O4. The van der Waals surface area contributed by atoms with Gasteiger partial charge in [0.25, 0.3) is 0 Å². The van der Waals surface area contributed by atoms with Crippen LogP contribution >= 0.6 is 0 Å². The number of aromatic carboxylic acids is 1. The smallest absolute Gasteiger partial charge is 0.341 e. The van der Waals surface area contributed by atoms with Gasteiger partial charge in [0.15, 0.2) is 0 Å². The molecule has 172 valence electrons. The highest BCUT2D eigenvalue weighted by atomic mass is 19.1. The molecule has 1 aromatic heterocycles. The largest absolute Gasteiger partial charge is 0.477 e. The molecule has 0 saturated carbocycles. The van der Waals surface area contributed by atoms with Crippen LogP contribution in [0.25, 0.3) is 10.9 Å². The zero-order valence-electron chi connectivity index (χ0n) is 17.7. The van der Waals surface area contributed by atoms with Crippen LogP contribution in [0.1, 0.15) is 15.9 Å². The first-order valence-electron chi connectivity index (χ1n) is 10.3. The molecule has 3 heterocycles. The average molecular weight is 457 g/mol. The molecule has 5 rings (SSSR count). The second-order valence-electron chi connectivity index (χ2n) is 8.03. The number of hydroxylamine groups is 1. The van der Waals surface area contributed by atoms with Gasteiger partial charge in [0, 0.05) is 43.6 Å². The fraction of sp³-hybridized carbons (Fsp3) is 0.273. The Hall–Kier alpha value is -3.86. The standard InChI is InChI=1S/C22H21F2N5O4/c1-26-29-10-14(22(31)32)21(30)13-9-17(24)20(15(11-33-26)19(13)29)28-6-4-27(5-7-28)18-3-2-12(25)8-16(18)23/h2-3,8-10H,4-7,11,25H2,1H3,(H,31,32). The molecule has 33 heavy (non-hydrogen) atoms. The van der Waals surface area contributed by atoms with E-state index in [4.69, 9.17) is 10.6 Å². The monoisotopic (exact) mass is 457 g/mol. The number of pyridine rings is 1. The molecular weight excluding hydrogens is 436 g/mol. The summed E-state index contributed by atoms with van der Waals surface area (Å²) in [7, 11) is 1.57. The first-order valence-corrected chi connectivity index (χ1v) is 10.3. The number of carboxylic acids is 1. The average Bonchev–Trinajstić information content (AvgIpc) is 2.77. The van der Waals surface area contributed by atoms with E-state index in [1.54, 1.807) is 19.2 Å². The van der Waals surface area contributed by atoms with Gasteiger partial charge in [0.1, 0.15) is 23.8 Å². The quantitative estimate of drug-likeness (QED) is 0.575. The van der Waals surface area contributed by atoms with Crippen molar-refractivity contribution < 1.29 is 23.5 Å². The number of carboxylic acid groups (broad SMARTS) is 1. The molecule has 2 aliphatic rings. The molecule has 0 radical (unpaired) electrons. The van der Waals surface area contributed by atoms with Crippen molar-refractivity contribution >= 4 is 33.9 Å². The van der Waals surface area contributed by atoms with Crippen molar-refractivity contribution in [2.75, 3.05) is 53.9 Å². The molecule has 0 spiro atoms. The van der Waals surface area contributed by atoms with E-state index in [9.17, 15) is 19.1 Å². The Labute approximate surface area is 186 Å². The van der Waals surface area contributed by atoms with Gasteiger partial charge in [-0.25, -0.2) is 18.3 Å². The van der Waals surface area contributed by atoms with Crippen LogP contribution in [0.5, 0.6) is 0 Å². The summed E-state index contributed by atoms with van der Waals surface area (Å²) in [6, 6.07) is 5.62. The highest BCUT2D eigenvalue weighted by molar-refractivity contribution is 5.95. The van der Waals surface area contributed by atoms with Crippen molar-refractivity contribution in [3.63, 3.8) is 0 Å². The summed E-state index contributed by atoms with van der Waals surface area (Å²) in [5.41, 5.74) is 6.35. The number of nitrogens with zero attached hydrogens (tertiary/aromatic N) is 4. The van der Waals surface area contributed by atoms with Crippen LogP contribution in [-0.2, 0) is 11.4 Å². The second-order valence-corrected chi connectivity index (χ2v) is 8.03. The number of hydrogen-bond donors (Lipinski definition) is 2. The zero-order chi connectivity index (χ0) is 23.4. The van der Waals surface area contributed by atoms with E-state index in [-0.39, 0.29) is 12.0 Å². The minimum absolute atomic E-state index is 0.0127. The van der Waals surface area contributed by atoms with Gasteiger partial charge in [-0.2, -0.15) is 5.17 Å². The van der Waals surface area contributed by atoms with E-state index in [1.165, 1.54) is 22.1 Å². The number of carbonyl (C=O) groups is 1. The molecule has 3 aromatic rings. The lowest BCUT2D eigenvalue weighted by Gasteiger charge is -2.39. The third-order valence-electron chi connectivity index (χ3n) is 6.13. The third-order valence-corrected chi connectivity index (χ3v) is 6.13. The van der Waals surface area contributed by atoms with Gasteiger partial charge in [-0.05, 0) is 24.3 Å². The van der Waals surface area contributed by atoms with Crippen LogP contribution in [0.3, 0.4) is 0 Å². The summed E-state index contributed by atoms with van der Waals surface area (Å²) in [5, 5.41) is 10.7. The number of piperazine rings is 1. The summed E-state index contributed by atoms with van der Waals surface area (Å²) in [5.74, 6) is -2.45. The Morgan fingerprint density at radius 1 is 1.09 bits per heavy atom. The molecule has 11 heteroatoms. The van der Waals surface area contributed by atoms with Crippen LogP contribution in [-0.4, -0.2) is 49.0 Å². The first-order chi connectivity index (χ1) is 15.8. The highest BCUT2D eigenvalue weighted by Crippen LogP contribution is 2.35. The maximum atomic E-state index is 15.4. The predicted molar refractivity (Wildman–Crippen MR) is 119 cm³/mol. The Morgan fingerprint density at radius 3 is 2.45 bits per heavy atom. The topological polar surface area (TPSA) is 104 Å². The SMILES string of the molecule is CN1OCc2c(N3CCN(c4ccc(N)cc4F)CC3)c(F)cc3c(=O)c(C(=O)O)cn1c23. The number of halogens is 2. The number of nitrogen functional groups attached to an aromatic ring is 1.